The van der Waals surface area contributed by atoms with Crippen molar-refractivity contribution in [3.05, 3.63) is 70.8 Å². The lowest BCUT2D eigenvalue weighted by atomic mass is 9.95. The van der Waals surface area contributed by atoms with E-state index >= 15 is 0 Å². The van der Waals surface area contributed by atoms with Gasteiger partial charge in [0.05, 0.1) is 11.6 Å². The Morgan fingerprint density at radius 3 is 2.28 bits per heavy atom. The summed E-state index contributed by atoms with van der Waals surface area (Å²) in [7, 11) is 3.76. The largest absolute Gasteiger partial charge is 0.507 e. The van der Waals surface area contributed by atoms with Gasteiger partial charge in [-0.2, -0.15) is 0 Å². The molecule has 0 bridgehead atoms. The molecule has 1 aliphatic rings. The van der Waals surface area contributed by atoms with Gasteiger partial charge in [-0.15, -0.1) is 0 Å². The number of carbonyl (C=O) groups is 3. The Morgan fingerprint density at radius 1 is 1.09 bits per heavy atom. The number of primary amides is 1. The maximum Gasteiger partial charge on any atom is 0.295 e. The standard InChI is InChI=1S/C24H27N3O5/c1-15-4-6-17(7-5-15)22(29)20-21(27(13-12-26(2)3)24(31)23(20)30)16-8-10-18(11-9-16)32-14-19(25)28/h4-11,21,29H,12-14H2,1-3H3,(H2,25,28)/b22-20+. The minimum absolute atomic E-state index is 0.0448. The van der Waals surface area contributed by atoms with Gasteiger partial charge in [0.25, 0.3) is 17.6 Å². The van der Waals surface area contributed by atoms with Crippen LogP contribution in [0.1, 0.15) is 22.7 Å². The van der Waals surface area contributed by atoms with E-state index in [1.54, 1.807) is 36.4 Å². The number of likely N-dealkylation sites (N-methyl/N-ethyl adjacent to an activating group) is 1. The molecule has 8 heteroatoms. The summed E-state index contributed by atoms with van der Waals surface area (Å²) in [5, 5.41) is 11.0. The molecule has 0 radical (unpaired) electrons. The van der Waals surface area contributed by atoms with Crippen LogP contribution in [0.2, 0.25) is 0 Å². The van der Waals surface area contributed by atoms with Crippen molar-refractivity contribution in [1.82, 2.24) is 9.80 Å². The molecule has 1 unspecified atom stereocenters. The topological polar surface area (TPSA) is 113 Å². The lowest BCUT2D eigenvalue weighted by Gasteiger charge is -2.26. The number of aliphatic hydroxyl groups is 1. The Hall–Kier alpha value is -3.65. The second-order valence-corrected chi connectivity index (χ2v) is 7.99. The molecule has 1 atom stereocenters. The normalized spacial score (nSPS) is 17.8. The summed E-state index contributed by atoms with van der Waals surface area (Å²) in [6, 6.07) is 13.0. The SMILES string of the molecule is Cc1ccc(/C(O)=C2\C(=O)C(=O)N(CCN(C)C)C2c2ccc(OCC(N)=O)cc2)cc1. The number of nitrogens with two attached hydrogens (primary N) is 1. The molecule has 1 saturated heterocycles. The van der Waals surface area contributed by atoms with Gasteiger partial charge in [-0.3, -0.25) is 14.4 Å². The van der Waals surface area contributed by atoms with E-state index in [2.05, 4.69) is 0 Å². The van der Waals surface area contributed by atoms with Crippen LogP contribution in [0.15, 0.2) is 54.1 Å². The van der Waals surface area contributed by atoms with Gasteiger partial charge in [-0.25, -0.2) is 0 Å². The van der Waals surface area contributed by atoms with Crippen molar-refractivity contribution < 1.29 is 24.2 Å². The average Bonchev–Trinajstić information content (AvgIpc) is 3.01. The van der Waals surface area contributed by atoms with E-state index < -0.39 is 23.6 Å². The number of hydrogen-bond donors (Lipinski definition) is 2. The van der Waals surface area contributed by atoms with E-state index in [4.69, 9.17) is 10.5 Å². The van der Waals surface area contributed by atoms with E-state index in [-0.39, 0.29) is 17.9 Å². The third kappa shape index (κ3) is 4.97. The second kappa shape index (κ2) is 9.65. The fourth-order valence-corrected chi connectivity index (χ4v) is 3.53. The maximum atomic E-state index is 13.0. The smallest absolute Gasteiger partial charge is 0.295 e. The second-order valence-electron chi connectivity index (χ2n) is 7.99. The monoisotopic (exact) mass is 437 g/mol. The number of rotatable bonds is 8. The van der Waals surface area contributed by atoms with Crippen molar-refractivity contribution in [2.24, 2.45) is 5.73 Å². The molecule has 1 aliphatic heterocycles. The highest BCUT2D eigenvalue weighted by molar-refractivity contribution is 6.46. The summed E-state index contributed by atoms with van der Waals surface area (Å²) in [5.74, 6) is -1.75. The number of ether oxygens (including phenoxy) is 1. The van der Waals surface area contributed by atoms with E-state index in [0.717, 1.165) is 5.56 Å². The quantitative estimate of drug-likeness (QED) is 0.370. The van der Waals surface area contributed by atoms with Crippen molar-refractivity contribution in [1.29, 1.82) is 0 Å². The fraction of sp³-hybridized carbons (Fsp3) is 0.292. The van der Waals surface area contributed by atoms with E-state index in [9.17, 15) is 19.5 Å². The van der Waals surface area contributed by atoms with Gasteiger partial charge < -0.3 is 25.4 Å². The van der Waals surface area contributed by atoms with Crippen LogP contribution in [-0.4, -0.2) is 66.3 Å². The number of benzene rings is 2. The minimum Gasteiger partial charge on any atom is -0.507 e. The zero-order valence-corrected chi connectivity index (χ0v) is 18.4. The van der Waals surface area contributed by atoms with Gasteiger partial charge in [0.2, 0.25) is 0 Å². The van der Waals surface area contributed by atoms with E-state index in [1.807, 2.05) is 38.1 Å². The molecule has 32 heavy (non-hydrogen) atoms. The Bertz CT molecular complexity index is 1040. The van der Waals surface area contributed by atoms with Crippen LogP contribution >= 0.6 is 0 Å². The summed E-state index contributed by atoms with van der Waals surface area (Å²) >= 11 is 0. The van der Waals surface area contributed by atoms with Crippen molar-refractivity contribution in [3.63, 3.8) is 0 Å². The van der Waals surface area contributed by atoms with Gasteiger partial charge >= 0.3 is 0 Å². The van der Waals surface area contributed by atoms with Gasteiger partial charge in [0, 0.05) is 18.7 Å². The molecule has 0 aliphatic carbocycles. The van der Waals surface area contributed by atoms with Gasteiger partial charge in [0.15, 0.2) is 6.61 Å². The third-order valence-corrected chi connectivity index (χ3v) is 5.23. The molecule has 2 aromatic carbocycles. The van der Waals surface area contributed by atoms with Crippen LogP contribution in [0.3, 0.4) is 0 Å². The first-order valence-electron chi connectivity index (χ1n) is 10.2. The van der Waals surface area contributed by atoms with E-state index in [1.165, 1.54) is 4.90 Å². The lowest BCUT2D eigenvalue weighted by molar-refractivity contribution is -0.140. The van der Waals surface area contributed by atoms with Crippen molar-refractivity contribution in [3.8, 4) is 5.75 Å². The number of nitrogens with zero attached hydrogens (tertiary/aromatic N) is 2. The predicted molar refractivity (Wildman–Crippen MR) is 120 cm³/mol. The van der Waals surface area contributed by atoms with Crippen molar-refractivity contribution >= 4 is 23.4 Å². The lowest BCUT2D eigenvalue weighted by Crippen LogP contribution is -2.35. The Balaban J connectivity index is 2.05. The number of ketones is 1. The van der Waals surface area contributed by atoms with Gasteiger partial charge in [-0.05, 0) is 38.7 Å². The maximum absolute atomic E-state index is 13.0. The van der Waals surface area contributed by atoms with Crippen molar-refractivity contribution in [2.45, 2.75) is 13.0 Å². The Labute approximate surface area is 186 Å². The zero-order valence-electron chi connectivity index (χ0n) is 18.4. The molecule has 0 saturated carbocycles. The number of aryl methyl sites for hydroxylation is 1. The van der Waals surface area contributed by atoms with Gasteiger partial charge in [0.1, 0.15) is 11.5 Å². The van der Waals surface area contributed by atoms with E-state index in [0.29, 0.717) is 30.0 Å². The van der Waals surface area contributed by atoms with Crippen LogP contribution in [0.25, 0.3) is 5.76 Å². The predicted octanol–water partition coefficient (Wildman–Crippen LogP) is 1.84. The first-order valence-corrected chi connectivity index (χ1v) is 10.2. The molecular weight excluding hydrogens is 410 g/mol. The first kappa shape index (κ1) is 23.0. The molecule has 0 aromatic heterocycles. The molecule has 3 N–H and O–H groups in total. The van der Waals surface area contributed by atoms with Crippen LogP contribution in [0.4, 0.5) is 0 Å². The molecule has 1 fully saturated rings. The number of amides is 2. The van der Waals surface area contributed by atoms with Gasteiger partial charge in [-0.1, -0.05) is 42.0 Å². The minimum atomic E-state index is -0.749. The van der Waals surface area contributed by atoms with Crippen LogP contribution < -0.4 is 10.5 Å². The van der Waals surface area contributed by atoms with Crippen LogP contribution in [0.5, 0.6) is 5.75 Å². The van der Waals surface area contributed by atoms with Crippen LogP contribution in [0, 0.1) is 6.92 Å². The summed E-state index contributed by atoms with van der Waals surface area (Å²) in [6.45, 7) is 2.53. The summed E-state index contributed by atoms with van der Waals surface area (Å²) in [4.78, 5) is 40.2. The Kier molecular flexibility index (Phi) is 6.95. The summed E-state index contributed by atoms with van der Waals surface area (Å²) in [6.07, 6.45) is 0. The highest BCUT2D eigenvalue weighted by Gasteiger charge is 2.45. The number of Topliss-reactive ketones (excluding diaryl/α,β-unsaturated/α-hetero) is 1. The molecule has 168 valence electrons. The molecular formula is C24H27N3O5. The number of likely N-dealkylation sites (tertiary alicyclic amines) is 1. The summed E-state index contributed by atoms with van der Waals surface area (Å²) < 4.78 is 5.30. The number of carbonyl (C=O) groups excluding carboxylic acids is 3. The molecule has 2 aromatic rings. The first-order chi connectivity index (χ1) is 15.2. The molecule has 2 amide bonds. The molecule has 8 nitrogen and oxygen atoms in total. The zero-order chi connectivity index (χ0) is 23.4. The Morgan fingerprint density at radius 2 is 1.72 bits per heavy atom. The average molecular weight is 437 g/mol. The number of hydrogen-bond acceptors (Lipinski definition) is 6. The highest BCUT2D eigenvalue weighted by Crippen LogP contribution is 2.39. The fourth-order valence-electron chi connectivity index (χ4n) is 3.53. The summed E-state index contributed by atoms with van der Waals surface area (Å²) in [5.41, 5.74) is 7.27. The molecule has 0 spiro atoms. The van der Waals surface area contributed by atoms with Crippen LogP contribution in [-0.2, 0) is 14.4 Å². The number of aliphatic hydroxyl groups excluding tert-OH is 1. The molecule has 1 heterocycles. The van der Waals surface area contributed by atoms with Crippen molar-refractivity contribution in [2.75, 3.05) is 33.8 Å². The highest BCUT2D eigenvalue weighted by atomic mass is 16.5. The third-order valence-electron chi connectivity index (χ3n) is 5.23. The molecule has 3 rings (SSSR count).